The lowest BCUT2D eigenvalue weighted by Crippen LogP contribution is -2.52. The highest BCUT2D eigenvalue weighted by Crippen LogP contribution is 2.22. The van der Waals surface area contributed by atoms with Gasteiger partial charge in [0.05, 0.1) is 5.56 Å². The van der Waals surface area contributed by atoms with Crippen molar-refractivity contribution in [2.45, 2.75) is 53.5 Å². The number of hydrogen-bond donors (Lipinski definition) is 2. The molecule has 0 aliphatic carbocycles. The van der Waals surface area contributed by atoms with Crippen molar-refractivity contribution in [2.24, 2.45) is 11.7 Å². The third-order valence-corrected chi connectivity index (χ3v) is 4.24. The standard InChI is InChI=1S/C18H28N4O2.ClH/c1-11(2)9-18(6,10-19)20-17(23)15-7-12(3)22(14(15)5)16-8-13(4)24-21-16;/h7-8,11H,9-10,19H2,1-6H3,(H,20,23);1H. The van der Waals surface area contributed by atoms with Crippen LogP contribution in [-0.4, -0.2) is 27.7 Å². The van der Waals surface area contributed by atoms with Gasteiger partial charge in [0, 0.05) is 29.5 Å². The molecule has 6 nitrogen and oxygen atoms in total. The number of amides is 1. The average Bonchev–Trinajstić information content (AvgIpc) is 3.01. The molecule has 2 aromatic rings. The number of nitrogens with two attached hydrogens (primary N) is 1. The summed E-state index contributed by atoms with van der Waals surface area (Å²) in [6.45, 7) is 12.3. The van der Waals surface area contributed by atoms with Gasteiger partial charge in [0.25, 0.3) is 5.91 Å². The van der Waals surface area contributed by atoms with E-state index in [4.69, 9.17) is 10.3 Å². The Kier molecular flexibility index (Phi) is 6.85. The molecule has 1 amide bonds. The molecule has 2 heterocycles. The van der Waals surface area contributed by atoms with Crippen LogP contribution in [0.3, 0.4) is 0 Å². The molecule has 0 aliphatic heterocycles. The van der Waals surface area contributed by atoms with E-state index < -0.39 is 5.54 Å². The van der Waals surface area contributed by atoms with Crippen LogP contribution in [0.1, 0.15) is 54.7 Å². The summed E-state index contributed by atoms with van der Waals surface area (Å²) in [7, 11) is 0. The van der Waals surface area contributed by atoms with E-state index in [1.165, 1.54) is 0 Å². The number of carbonyl (C=O) groups is 1. The fourth-order valence-corrected chi connectivity index (χ4v) is 3.23. The Morgan fingerprint density at radius 1 is 1.36 bits per heavy atom. The highest BCUT2D eigenvalue weighted by Gasteiger charge is 2.28. The van der Waals surface area contributed by atoms with E-state index in [-0.39, 0.29) is 18.3 Å². The molecule has 0 aliphatic rings. The highest BCUT2D eigenvalue weighted by molar-refractivity contribution is 5.96. The molecule has 0 radical (unpaired) electrons. The Bertz CT molecular complexity index is 736. The predicted octanol–water partition coefficient (Wildman–Crippen LogP) is 3.31. The Balaban J connectivity index is 0.00000312. The van der Waals surface area contributed by atoms with E-state index in [1.807, 2.05) is 44.4 Å². The van der Waals surface area contributed by atoms with Gasteiger partial charge < -0.3 is 15.6 Å². The molecular weight excluding hydrogens is 340 g/mol. The van der Waals surface area contributed by atoms with Crippen molar-refractivity contribution in [1.29, 1.82) is 0 Å². The Labute approximate surface area is 155 Å². The largest absolute Gasteiger partial charge is 0.360 e. The molecule has 140 valence electrons. The second kappa shape index (κ2) is 8.06. The van der Waals surface area contributed by atoms with Crippen molar-refractivity contribution >= 4 is 18.3 Å². The Morgan fingerprint density at radius 3 is 2.48 bits per heavy atom. The maximum Gasteiger partial charge on any atom is 0.253 e. The minimum Gasteiger partial charge on any atom is -0.360 e. The summed E-state index contributed by atoms with van der Waals surface area (Å²) >= 11 is 0. The highest BCUT2D eigenvalue weighted by atomic mass is 35.5. The third-order valence-electron chi connectivity index (χ3n) is 4.24. The fourth-order valence-electron chi connectivity index (χ4n) is 3.23. The number of nitrogens with one attached hydrogen (secondary N) is 1. The lowest BCUT2D eigenvalue weighted by atomic mass is 9.90. The third kappa shape index (κ3) is 4.64. The molecule has 2 aromatic heterocycles. The van der Waals surface area contributed by atoms with Crippen LogP contribution in [-0.2, 0) is 0 Å². The van der Waals surface area contributed by atoms with E-state index in [9.17, 15) is 4.79 Å². The van der Waals surface area contributed by atoms with Crippen LogP contribution in [0.5, 0.6) is 0 Å². The summed E-state index contributed by atoms with van der Waals surface area (Å²) < 4.78 is 7.08. The van der Waals surface area contributed by atoms with Crippen LogP contribution in [0.2, 0.25) is 0 Å². The van der Waals surface area contributed by atoms with Crippen molar-refractivity contribution in [3.63, 3.8) is 0 Å². The van der Waals surface area contributed by atoms with Crippen LogP contribution >= 0.6 is 12.4 Å². The van der Waals surface area contributed by atoms with Crippen molar-refractivity contribution < 1.29 is 9.32 Å². The van der Waals surface area contributed by atoms with E-state index >= 15 is 0 Å². The minimum atomic E-state index is -0.418. The monoisotopic (exact) mass is 368 g/mol. The zero-order valence-electron chi connectivity index (χ0n) is 15.8. The van der Waals surface area contributed by atoms with Crippen molar-refractivity contribution in [1.82, 2.24) is 15.0 Å². The molecule has 2 rings (SSSR count). The normalized spacial score (nSPS) is 13.4. The second-order valence-electron chi connectivity index (χ2n) is 7.23. The van der Waals surface area contributed by atoms with Gasteiger partial charge in [-0.25, -0.2) is 0 Å². The van der Waals surface area contributed by atoms with Gasteiger partial charge in [-0.2, -0.15) is 0 Å². The first-order valence-corrected chi connectivity index (χ1v) is 8.32. The van der Waals surface area contributed by atoms with Gasteiger partial charge in [-0.15, -0.1) is 12.4 Å². The number of nitrogens with zero attached hydrogens (tertiary/aromatic N) is 2. The number of carbonyl (C=O) groups excluding carboxylic acids is 1. The number of aromatic nitrogens is 2. The molecule has 7 heteroatoms. The van der Waals surface area contributed by atoms with Crippen molar-refractivity contribution in [3.8, 4) is 5.82 Å². The first kappa shape index (κ1) is 21.3. The van der Waals surface area contributed by atoms with Crippen LogP contribution < -0.4 is 11.1 Å². The quantitative estimate of drug-likeness (QED) is 0.819. The summed E-state index contributed by atoms with van der Waals surface area (Å²) in [5.74, 6) is 1.76. The molecule has 25 heavy (non-hydrogen) atoms. The predicted molar refractivity (Wildman–Crippen MR) is 102 cm³/mol. The maximum absolute atomic E-state index is 12.8. The Morgan fingerprint density at radius 2 is 2.00 bits per heavy atom. The molecule has 3 N–H and O–H groups in total. The minimum absolute atomic E-state index is 0. The van der Waals surface area contributed by atoms with E-state index in [0.29, 0.717) is 23.8 Å². The van der Waals surface area contributed by atoms with Crippen LogP contribution in [0, 0.1) is 26.7 Å². The van der Waals surface area contributed by atoms with Crippen LogP contribution in [0.4, 0.5) is 0 Å². The van der Waals surface area contributed by atoms with Gasteiger partial charge in [-0.05, 0) is 46.1 Å². The number of halogens is 1. The van der Waals surface area contributed by atoms with Gasteiger partial charge in [0.2, 0.25) is 0 Å². The molecule has 0 aromatic carbocycles. The van der Waals surface area contributed by atoms with Gasteiger partial charge in [-0.3, -0.25) is 9.36 Å². The van der Waals surface area contributed by atoms with Crippen molar-refractivity contribution in [3.05, 3.63) is 34.8 Å². The van der Waals surface area contributed by atoms with E-state index in [1.54, 1.807) is 0 Å². The van der Waals surface area contributed by atoms with Gasteiger partial charge in [0.1, 0.15) is 5.76 Å². The van der Waals surface area contributed by atoms with Crippen LogP contribution in [0.25, 0.3) is 5.82 Å². The zero-order valence-corrected chi connectivity index (χ0v) is 16.7. The van der Waals surface area contributed by atoms with Gasteiger partial charge in [0.15, 0.2) is 5.82 Å². The number of hydrogen-bond acceptors (Lipinski definition) is 4. The molecule has 0 bridgehead atoms. The molecule has 0 saturated carbocycles. The fraction of sp³-hybridized carbons (Fsp3) is 0.556. The topological polar surface area (TPSA) is 86.1 Å². The number of aryl methyl sites for hydroxylation is 2. The summed E-state index contributed by atoms with van der Waals surface area (Å²) in [5.41, 5.74) is 7.89. The lowest BCUT2D eigenvalue weighted by molar-refractivity contribution is 0.0897. The summed E-state index contributed by atoms with van der Waals surface area (Å²) in [5, 5.41) is 7.15. The zero-order chi connectivity index (χ0) is 18.1. The summed E-state index contributed by atoms with van der Waals surface area (Å²) in [6.07, 6.45) is 0.830. The summed E-state index contributed by atoms with van der Waals surface area (Å²) in [6, 6.07) is 3.73. The van der Waals surface area contributed by atoms with Gasteiger partial charge >= 0.3 is 0 Å². The first-order valence-electron chi connectivity index (χ1n) is 8.32. The van der Waals surface area contributed by atoms with E-state index in [0.717, 1.165) is 23.6 Å². The molecule has 0 fully saturated rings. The summed E-state index contributed by atoms with van der Waals surface area (Å²) in [4.78, 5) is 12.8. The number of rotatable bonds is 6. The average molecular weight is 369 g/mol. The lowest BCUT2D eigenvalue weighted by Gasteiger charge is -2.31. The molecule has 0 saturated heterocycles. The van der Waals surface area contributed by atoms with Crippen LogP contribution in [0.15, 0.2) is 16.7 Å². The Hall–Kier alpha value is -1.79. The van der Waals surface area contributed by atoms with Crippen molar-refractivity contribution in [2.75, 3.05) is 6.54 Å². The second-order valence-corrected chi connectivity index (χ2v) is 7.23. The molecule has 0 spiro atoms. The molecule has 1 unspecified atom stereocenters. The van der Waals surface area contributed by atoms with E-state index in [2.05, 4.69) is 24.3 Å². The molecular formula is C18H29ClN4O2. The smallest absolute Gasteiger partial charge is 0.253 e. The SMILES string of the molecule is Cc1cc(-n2c(C)cc(C(=O)NC(C)(CN)CC(C)C)c2C)no1.Cl. The maximum atomic E-state index is 12.8. The van der Waals surface area contributed by atoms with Gasteiger partial charge in [-0.1, -0.05) is 19.0 Å². The first-order chi connectivity index (χ1) is 11.2. The molecule has 1 atom stereocenters.